The highest BCUT2D eigenvalue weighted by atomic mass is 16.2. The van der Waals surface area contributed by atoms with Crippen molar-refractivity contribution in [3.63, 3.8) is 0 Å². The topological polar surface area (TPSA) is 29.1 Å². The molecule has 0 spiro atoms. The molecule has 3 rings (SSSR count). The minimum Gasteiger partial charge on any atom is -0.348 e. The predicted molar refractivity (Wildman–Crippen MR) is 71.9 cm³/mol. The Kier molecular flexibility index (Phi) is 3.18. The van der Waals surface area contributed by atoms with Crippen LogP contribution in [0.2, 0.25) is 0 Å². The molecule has 0 radical (unpaired) electrons. The zero-order chi connectivity index (χ0) is 12.4. The fourth-order valence-corrected chi connectivity index (χ4v) is 3.18. The van der Waals surface area contributed by atoms with E-state index >= 15 is 0 Å². The summed E-state index contributed by atoms with van der Waals surface area (Å²) in [6.07, 6.45) is 9.08. The summed E-state index contributed by atoms with van der Waals surface area (Å²) in [6.45, 7) is 0. The number of fused-ring (bicyclic) bond motifs is 1. The minimum absolute atomic E-state index is 0.165. The molecule has 1 aromatic carbocycles. The molecule has 0 saturated carbocycles. The van der Waals surface area contributed by atoms with Gasteiger partial charge in [0.25, 0.3) is 0 Å². The molecule has 2 aliphatic rings. The highest BCUT2D eigenvalue weighted by molar-refractivity contribution is 5.82. The lowest BCUT2D eigenvalue weighted by atomic mass is 9.82. The van der Waals surface area contributed by atoms with Gasteiger partial charge in [0, 0.05) is 11.8 Å². The Labute approximate surface area is 108 Å². The molecular weight excluding hydrogens is 222 g/mol. The summed E-state index contributed by atoms with van der Waals surface area (Å²) in [5.74, 6) is 0.743. The summed E-state index contributed by atoms with van der Waals surface area (Å²) >= 11 is 0. The number of nitrogens with one attached hydrogen (secondary N) is 1. The Hall–Kier alpha value is -1.57. The first-order valence-electron chi connectivity index (χ1n) is 6.88. The number of hydrogen-bond acceptors (Lipinski definition) is 1. The molecule has 0 bridgehead atoms. The van der Waals surface area contributed by atoms with Crippen molar-refractivity contribution < 1.29 is 4.79 Å². The van der Waals surface area contributed by atoms with E-state index in [1.807, 2.05) is 18.2 Å². The molecular formula is C16H19NO. The van der Waals surface area contributed by atoms with E-state index in [0.717, 1.165) is 12.8 Å². The van der Waals surface area contributed by atoms with Crippen molar-refractivity contribution in [2.75, 3.05) is 0 Å². The van der Waals surface area contributed by atoms with Crippen LogP contribution in [0, 0.1) is 11.8 Å². The molecule has 2 nitrogen and oxygen atoms in total. The largest absolute Gasteiger partial charge is 0.348 e. The van der Waals surface area contributed by atoms with Crippen LogP contribution in [0.15, 0.2) is 42.5 Å². The Morgan fingerprint density at radius 1 is 1.11 bits per heavy atom. The van der Waals surface area contributed by atoms with E-state index in [-0.39, 0.29) is 17.9 Å². The average Bonchev–Trinajstić information content (AvgIpc) is 2.66. The second-order valence-electron chi connectivity index (χ2n) is 5.29. The summed E-state index contributed by atoms with van der Waals surface area (Å²) < 4.78 is 0. The molecule has 94 valence electrons. The standard InChI is InChI=1S/C16H19NO/c18-16-14-11-7-2-1-6-10-13(14)15(17-16)12-8-4-3-5-9-12/h3-6,8-10,13-15H,1-2,7,11H2,(H,17,18). The molecule has 1 fully saturated rings. The van der Waals surface area contributed by atoms with Crippen LogP contribution in [0.25, 0.3) is 0 Å². The highest BCUT2D eigenvalue weighted by Crippen LogP contribution is 2.39. The molecule has 1 N–H and O–H groups in total. The van der Waals surface area contributed by atoms with Gasteiger partial charge >= 0.3 is 0 Å². The van der Waals surface area contributed by atoms with Crippen LogP contribution < -0.4 is 5.32 Å². The van der Waals surface area contributed by atoms with E-state index in [4.69, 9.17) is 0 Å². The zero-order valence-electron chi connectivity index (χ0n) is 10.5. The molecule has 0 aromatic heterocycles. The molecule has 1 heterocycles. The quantitative estimate of drug-likeness (QED) is 0.751. The summed E-state index contributed by atoms with van der Waals surface area (Å²) in [5, 5.41) is 3.18. The first kappa shape index (κ1) is 11.5. The summed E-state index contributed by atoms with van der Waals surface area (Å²) in [7, 11) is 0. The van der Waals surface area contributed by atoms with Gasteiger partial charge in [-0.1, -0.05) is 48.9 Å². The number of rotatable bonds is 1. The van der Waals surface area contributed by atoms with Crippen molar-refractivity contribution in [3.05, 3.63) is 48.0 Å². The van der Waals surface area contributed by atoms with Gasteiger partial charge in [0.05, 0.1) is 6.04 Å². The number of carbonyl (C=O) groups excluding carboxylic acids is 1. The van der Waals surface area contributed by atoms with Crippen molar-refractivity contribution in [2.45, 2.75) is 31.7 Å². The van der Waals surface area contributed by atoms with E-state index in [2.05, 4.69) is 29.6 Å². The van der Waals surface area contributed by atoms with E-state index in [0.29, 0.717) is 5.92 Å². The third-order valence-corrected chi connectivity index (χ3v) is 4.14. The van der Waals surface area contributed by atoms with Crippen molar-refractivity contribution in [1.82, 2.24) is 5.32 Å². The Morgan fingerprint density at radius 2 is 1.94 bits per heavy atom. The monoisotopic (exact) mass is 241 g/mol. The van der Waals surface area contributed by atoms with Gasteiger partial charge in [0.2, 0.25) is 5.91 Å². The van der Waals surface area contributed by atoms with Crippen LogP contribution >= 0.6 is 0 Å². The first-order valence-corrected chi connectivity index (χ1v) is 6.88. The van der Waals surface area contributed by atoms with Gasteiger partial charge in [0.1, 0.15) is 0 Å². The zero-order valence-corrected chi connectivity index (χ0v) is 10.5. The van der Waals surface area contributed by atoms with E-state index in [1.54, 1.807) is 0 Å². The van der Waals surface area contributed by atoms with Crippen molar-refractivity contribution in [1.29, 1.82) is 0 Å². The third kappa shape index (κ3) is 2.07. The fourth-order valence-electron chi connectivity index (χ4n) is 3.18. The minimum atomic E-state index is 0.165. The second kappa shape index (κ2) is 4.97. The maximum atomic E-state index is 12.1. The normalized spacial score (nSPS) is 31.3. The number of allylic oxidation sites excluding steroid dienone is 1. The number of hydrogen-bond donors (Lipinski definition) is 1. The van der Waals surface area contributed by atoms with Crippen molar-refractivity contribution in [3.8, 4) is 0 Å². The second-order valence-corrected chi connectivity index (χ2v) is 5.29. The van der Waals surface area contributed by atoms with Crippen LogP contribution in [-0.4, -0.2) is 5.91 Å². The van der Waals surface area contributed by atoms with Gasteiger partial charge in [0.15, 0.2) is 0 Å². The lowest BCUT2D eigenvalue weighted by Gasteiger charge is -2.21. The van der Waals surface area contributed by atoms with Gasteiger partial charge in [-0.25, -0.2) is 0 Å². The van der Waals surface area contributed by atoms with Crippen LogP contribution in [-0.2, 0) is 4.79 Å². The molecule has 1 saturated heterocycles. The lowest BCUT2D eigenvalue weighted by Crippen LogP contribution is -2.21. The van der Waals surface area contributed by atoms with E-state index in [9.17, 15) is 4.79 Å². The Bertz CT molecular complexity index is 451. The van der Waals surface area contributed by atoms with Crippen LogP contribution in [0.1, 0.15) is 37.3 Å². The van der Waals surface area contributed by atoms with Crippen molar-refractivity contribution >= 4 is 5.91 Å². The first-order chi connectivity index (χ1) is 8.86. The SMILES string of the molecule is O=C1NC(c2ccccc2)C2C=CCCCCC12. The van der Waals surface area contributed by atoms with Gasteiger partial charge in [-0.15, -0.1) is 0 Å². The van der Waals surface area contributed by atoms with Gasteiger partial charge < -0.3 is 5.32 Å². The van der Waals surface area contributed by atoms with Gasteiger partial charge in [-0.2, -0.15) is 0 Å². The van der Waals surface area contributed by atoms with Gasteiger partial charge in [-0.3, -0.25) is 4.79 Å². The van der Waals surface area contributed by atoms with Crippen LogP contribution in [0.3, 0.4) is 0 Å². The third-order valence-electron chi connectivity index (χ3n) is 4.14. The number of benzene rings is 1. The molecule has 1 aliphatic carbocycles. The number of amides is 1. The van der Waals surface area contributed by atoms with Gasteiger partial charge in [-0.05, 0) is 24.8 Å². The molecule has 1 amide bonds. The molecule has 1 aromatic rings. The summed E-state index contributed by atoms with van der Waals surface area (Å²) in [6, 6.07) is 10.5. The molecule has 2 heteroatoms. The fraction of sp³-hybridized carbons (Fsp3) is 0.438. The average molecular weight is 241 g/mol. The Morgan fingerprint density at radius 3 is 2.78 bits per heavy atom. The highest BCUT2D eigenvalue weighted by Gasteiger charge is 2.40. The summed E-state index contributed by atoms with van der Waals surface area (Å²) in [5.41, 5.74) is 1.23. The van der Waals surface area contributed by atoms with Crippen LogP contribution in [0.4, 0.5) is 0 Å². The number of carbonyl (C=O) groups is 1. The predicted octanol–water partition coefficient (Wildman–Crippen LogP) is 3.22. The summed E-state index contributed by atoms with van der Waals surface area (Å²) in [4.78, 5) is 12.1. The Balaban J connectivity index is 1.91. The smallest absolute Gasteiger partial charge is 0.224 e. The van der Waals surface area contributed by atoms with E-state index in [1.165, 1.54) is 18.4 Å². The lowest BCUT2D eigenvalue weighted by molar-refractivity contribution is -0.123. The molecule has 18 heavy (non-hydrogen) atoms. The van der Waals surface area contributed by atoms with Crippen molar-refractivity contribution in [2.24, 2.45) is 11.8 Å². The molecule has 3 unspecified atom stereocenters. The maximum Gasteiger partial charge on any atom is 0.224 e. The van der Waals surface area contributed by atoms with Crippen LogP contribution in [0.5, 0.6) is 0 Å². The maximum absolute atomic E-state index is 12.1. The molecule has 3 atom stereocenters. The van der Waals surface area contributed by atoms with E-state index < -0.39 is 0 Å². The molecule has 1 aliphatic heterocycles.